The Bertz CT molecular complexity index is 152. The summed E-state index contributed by atoms with van der Waals surface area (Å²) in [6, 6.07) is 0. The SMILES string of the molecule is CS(=O)CCC(S)CCC(=O)O. The standard InChI is InChI=1S/C7H14O3S2/c1-12(10)5-4-6(11)2-3-7(8)9/h6,11H,2-5H2,1H3,(H,8,9). The number of rotatable bonds is 6. The maximum Gasteiger partial charge on any atom is 0.303 e. The van der Waals surface area contributed by atoms with Gasteiger partial charge in [0, 0.05) is 34.5 Å². The third kappa shape index (κ3) is 8.07. The van der Waals surface area contributed by atoms with Gasteiger partial charge in [0.15, 0.2) is 0 Å². The number of carboxylic acid groups (broad SMARTS) is 1. The lowest BCUT2D eigenvalue weighted by molar-refractivity contribution is -0.137. The third-order valence-electron chi connectivity index (χ3n) is 1.43. The first-order valence-corrected chi connectivity index (χ1v) is 5.96. The first kappa shape index (κ1) is 12.0. The molecule has 0 saturated heterocycles. The molecule has 3 nitrogen and oxygen atoms in total. The zero-order valence-corrected chi connectivity index (χ0v) is 8.74. The first-order chi connectivity index (χ1) is 5.52. The van der Waals surface area contributed by atoms with Gasteiger partial charge >= 0.3 is 5.97 Å². The van der Waals surface area contributed by atoms with Crippen LogP contribution in [-0.4, -0.2) is 32.5 Å². The van der Waals surface area contributed by atoms with Crippen LogP contribution in [0.15, 0.2) is 0 Å². The fraction of sp³-hybridized carbons (Fsp3) is 0.857. The van der Waals surface area contributed by atoms with E-state index in [1.165, 1.54) is 0 Å². The lowest BCUT2D eigenvalue weighted by Gasteiger charge is -2.06. The molecule has 0 bridgehead atoms. The molecule has 2 unspecified atom stereocenters. The molecule has 0 aliphatic heterocycles. The highest BCUT2D eigenvalue weighted by Crippen LogP contribution is 2.09. The largest absolute Gasteiger partial charge is 0.481 e. The van der Waals surface area contributed by atoms with Crippen molar-refractivity contribution in [2.75, 3.05) is 12.0 Å². The predicted molar refractivity (Wildman–Crippen MR) is 53.2 cm³/mol. The molecule has 0 aromatic heterocycles. The summed E-state index contributed by atoms with van der Waals surface area (Å²) in [6.07, 6.45) is 3.05. The Hall–Kier alpha value is -0.0300. The number of hydrogen-bond donors (Lipinski definition) is 2. The Morgan fingerprint density at radius 1 is 1.58 bits per heavy atom. The van der Waals surface area contributed by atoms with Crippen molar-refractivity contribution >= 4 is 29.4 Å². The highest BCUT2D eigenvalue weighted by atomic mass is 32.2. The maximum absolute atomic E-state index is 10.6. The van der Waals surface area contributed by atoms with Crippen LogP contribution in [0, 0.1) is 0 Å². The Balaban J connectivity index is 3.39. The fourth-order valence-electron chi connectivity index (χ4n) is 0.736. The highest BCUT2D eigenvalue weighted by Gasteiger charge is 2.06. The average molecular weight is 210 g/mol. The Morgan fingerprint density at radius 3 is 2.58 bits per heavy atom. The molecule has 0 aliphatic rings. The van der Waals surface area contributed by atoms with Crippen LogP contribution in [0.25, 0.3) is 0 Å². The fourth-order valence-corrected chi connectivity index (χ4v) is 1.79. The van der Waals surface area contributed by atoms with Gasteiger partial charge in [0.05, 0.1) is 0 Å². The number of thiol groups is 1. The van der Waals surface area contributed by atoms with E-state index in [0.717, 1.165) is 6.42 Å². The molecule has 0 radical (unpaired) electrons. The van der Waals surface area contributed by atoms with E-state index in [1.54, 1.807) is 6.26 Å². The van der Waals surface area contributed by atoms with Gasteiger partial charge in [0.25, 0.3) is 0 Å². The Labute approximate surface area is 80.4 Å². The van der Waals surface area contributed by atoms with Gasteiger partial charge in [-0.05, 0) is 12.8 Å². The second-order valence-corrected chi connectivity index (χ2v) is 4.94. The van der Waals surface area contributed by atoms with Crippen molar-refractivity contribution in [2.24, 2.45) is 0 Å². The van der Waals surface area contributed by atoms with E-state index in [9.17, 15) is 9.00 Å². The van der Waals surface area contributed by atoms with Gasteiger partial charge < -0.3 is 5.11 Å². The van der Waals surface area contributed by atoms with E-state index >= 15 is 0 Å². The minimum absolute atomic E-state index is 0.0602. The molecule has 0 saturated carbocycles. The topological polar surface area (TPSA) is 54.4 Å². The van der Waals surface area contributed by atoms with Crippen LogP contribution >= 0.6 is 12.6 Å². The molecule has 0 spiro atoms. The van der Waals surface area contributed by atoms with Crippen molar-refractivity contribution in [1.82, 2.24) is 0 Å². The van der Waals surface area contributed by atoms with Crippen LogP contribution in [0.4, 0.5) is 0 Å². The minimum atomic E-state index is -0.799. The Morgan fingerprint density at radius 2 is 2.17 bits per heavy atom. The van der Waals surface area contributed by atoms with Crippen LogP contribution < -0.4 is 0 Å². The molecule has 12 heavy (non-hydrogen) atoms. The third-order valence-corrected chi connectivity index (χ3v) is 2.76. The zero-order valence-electron chi connectivity index (χ0n) is 7.02. The van der Waals surface area contributed by atoms with E-state index in [2.05, 4.69) is 12.6 Å². The van der Waals surface area contributed by atoms with Gasteiger partial charge in [-0.15, -0.1) is 0 Å². The average Bonchev–Trinajstić information content (AvgIpc) is 1.96. The molecule has 0 aliphatic carbocycles. The smallest absolute Gasteiger partial charge is 0.303 e. The van der Waals surface area contributed by atoms with Crippen molar-refractivity contribution < 1.29 is 14.1 Å². The van der Waals surface area contributed by atoms with E-state index in [1.807, 2.05) is 0 Å². The van der Waals surface area contributed by atoms with Crippen LogP contribution in [0.5, 0.6) is 0 Å². The van der Waals surface area contributed by atoms with E-state index in [-0.39, 0.29) is 11.7 Å². The molecule has 5 heteroatoms. The van der Waals surface area contributed by atoms with Gasteiger partial charge in [0.1, 0.15) is 0 Å². The molecule has 2 atom stereocenters. The minimum Gasteiger partial charge on any atom is -0.481 e. The van der Waals surface area contributed by atoms with Gasteiger partial charge in [-0.1, -0.05) is 0 Å². The molecule has 0 aromatic carbocycles. The first-order valence-electron chi connectivity index (χ1n) is 3.72. The number of carbonyl (C=O) groups is 1. The van der Waals surface area contributed by atoms with Crippen molar-refractivity contribution in [3.05, 3.63) is 0 Å². The van der Waals surface area contributed by atoms with Crippen molar-refractivity contribution in [3.63, 3.8) is 0 Å². The predicted octanol–water partition coefficient (Wildman–Crippen LogP) is 0.918. The van der Waals surface area contributed by atoms with Gasteiger partial charge in [-0.3, -0.25) is 9.00 Å². The summed E-state index contributed by atoms with van der Waals surface area (Å²) in [6.45, 7) is 0. The summed E-state index contributed by atoms with van der Waals surface area (Å²) in [4.78, 5) is 10.1. The summed E-state index contributed by atoms with van der Waals surface area (Å²) in [5, 5.41) is 8.41. The molecular formula is C7H14O3S2. The molecule has 0 heterocycles. The van der Waals surface area contributed by atoms with Gasteiger partial charge in [-0.2, -0.15) is 12.6 Å². The van der Waals surface area contributed by atoms with E-state index < -0.39 is 16.8 Å². The molecular weight excluding hydrogens is 196 g/mol. The maximum atomic E-state index is 10.6. The van der Waals surface area contributed by atoms with Gasteiger partial charge in [0.2, 0.25) is 0 Å². The van der Waals surface area contributed by atoms with Crippen LogP contribution in [0.3, 0.4) is 0 Å². The summed E-state index contributed by atoms with van der Waals surface area (Å²) >= 11 is 4.18. The Kier molecular flexibility index (Phi) is 6.47. The lowest BCUT2D eigenvalue weighted by Crippen LogP contribution is -2.07. The quantitative estimate of drug-likeness (QED) is 0.641. The van der Waals surface area contributed by atoms with Crippen LogP contribution in [-0.2, 0) is 15.6 Å². The molecule has 0 aromatic rings. The van der Waals surface area contributed by atoms with E-state index in [4.69, 9.17) is 5.11 Å². The normalized spacial score (nSPS) is 15.5. The van der Waals surface area contributed by atoms with Crippen molar-refractivity contribution in [1.29, 1.82) is 0 Å². The number of hydrogen-bond acceptors (Lipinski definition) is 3. The summed E-state index contributed by atoms with van der Waals surface area (Å²) in [7, 11) is -0.797. The van der Waals surface area contributed by atoms with Crippen molar-refractivity contribution in [2.45, 2.75) is 24.5 Å². The monoisotopic (exact) mass is 210 g/mol. The second kappa shape index (κ2) is 6.48. The molecule has 72 valence electrons. The molecule has 1 N–H and O–H groups in total. The summed E-state index contributed by atoms with van der Waals surface area (Å²) in [5.41, 5.74) is 0. The van der Waals surface area contributed by atoms with E-state index in [0.29, 0.717) is 12.2 Å². The van der Waals surface area contributed by atoms with Crippen LogP contribution in [0.1, 0.15) is 19.3 Å². The van der Waals surface area contributed by atoms with Gasteiger partial charge in [-0.25, -0.2) is 0 Å². The number of carboxylic acids is 1. The zero-order chi connectivity index (χ0) is 9.56. The highest BCUT2D eigenvalue weighted by molar-refractivity contribution is 7.84. The van der Waals surface area contributed by atoms with Crippen molar-refractivity contribution in [3.8, 4) is 0 Å². The summed E-state index contributed by atoms with van der Waals surface area (Å²) < 4.78 is 10.6. The van der Waals surface area contributed by atoms with Crippen LogP contribution in [0.2, 0.25) is 0 Å². The molecule has 0 fully saturated rings. The molecule has 0 rings (SSSR count). The molecule has 0 amide bonds. The lowest BCUT2D eigenvalue weighted by atomic mass is 10.2. The summed E-state index contributed by atoms with van der Waals surface area (Å²) in [5.74, 6) is -0.194. The number of aliphatic carboxylic acids is 1. The second-order valence-electron chi connectivity index (χ2n) is 2.65.